The van der Waals surface area contributed by atoms with Crippen LogP contribution in [0.3, 0.4) is 0 Å². The van der Waals surface area contributed by atoms with Crippen molar-refractivity contribution in [1.29, 1.82) is 0 Å². The molecule has 2 rings (SSSR count). The summed E-state index contributed by atoms with van der Waals surface area (Å²) in [7, 11) is 0. The lowest BCUT2D eigenvalue weighted by molar-refractivity contribution is -0.137. The molecule has 6 heteroatoms. The molecule has 1 aromatic heterocycles. The van der Waals surface area contributed by atoms with Crippen LogP contribution in [-0.2, 0) is 11.2 Å². The van der Waals surface area contributed by atoms with E-state index >= 15 is 0 Å². The first-order valence-electron chi connectivity index (χ1n) is 8.65. The molecule has 0 spiro atoms. The molecule has 1 heterocycles. The molecule has 3 N–H and O–H groups in total. The molecule has 1 atom stereocenters. The molecule has 138 valence electrons. The Morgan fingerprint density at radius 3 is 2.38 bits per heavy atom. The molecular formula is C20H24N2O4. The van der Waals surface area contributed by atoms with Crippen molar-refractivity contribution in [1.82, 2.24) is 10.3 Å². The van der Waals surface area contributed by atoms with Gasteiger partial charge in [0.1, 0.15) is 5.69 Å². The number of rotatable bonds is 8. The largest absolute Gasteiger partial charge is 0.481 e. The molecule has 0 saturated heterocycles. The van der Waals surface area contributed by atoms with Gasteiger partial charge in [0.2, 0.25) is 0 Å². The molecule has 0 aliphatic carbocycles. The Morgan fingerprint density at radius 2 is 1.85 bits per heavy atom. The number of H-pyrrole nitrogens is 1. The van der Waals surface area contributed by atoms with Crippen LogP contribution in [-0.4, -0.2) is 27.8 Å². The molecule has 0 aliphatic heterocycles. The number of aryl methyl sites for hydroxylation is 1. The van der Waals surface area contributed by atoms with E-state index in [4.69, 9.17) is 5.11 Å². The van der Waals surface area contributed by atoms with E-state index in [1.165, 1.54) is 6.92 Å². The first kappa shape index (κ1) is 19.4. The van der Waals surface area contributed by atoms with Crippen LogP contribution < -0.4 is 5.32 Å². The van der Waals surface area contributed by atoms with Crippen molar-refractivity contribution in [2.75, 3.05) is 0 Å². The highest BCUT2D eigenvalue weighted by Crippen LogP contribution is 2.23. The van der Waals surface area contributed by atoms with Crippen molar-refractivity contribution in [2.24, 2.45) is 0 Å². The van der Waals surface area contributed by atoms with Crippen LogP contribution in [0, 0.1) is 6.92 Å². The summed E-state index contributed by atoms with van der Waals surface area (Å²) < 4.78 is 0. The van der Waals surface area contributed by atoms with E-state index in [9.17, 15) is 14.4 Å². The number of hydrogen-bond donors (Lipinski definition) is 3. The molecule has 26 heavy (non-hydrogen) atoms. The summed E-state index contributed by atoms with van der Waals surface area (Å²) in [4.78, 5) is 38.7. The van der Waals surface area contributed by atoms with E-state index in [-0.39, 0.29) is 24.5 Å². The molecule has 0 fully saturated rings. The highest BCUT2D eigenvalue weighted by molar-refractivity contribution is 6.02. The topological polar surface area (TPSA) is 99.3 Å². The second kappa shape index (κ2) is 8.47. The van der Waals surface area contributed by atoms with Gasteiger partial charge in [-0.05, 0) is 37.8 Å². The zero-order chi connectivity index (χ0) is 19.3. The number of carboxylic acids is 1. The summed E-state index contributed by atoms with van der Waals surface area (Å²) in [6, 6.07) is 8.85. The lowest BCUT2D eigenvalue weighted by atomic mass is 10.0. The zero-order valence-corrected chi connectivity index (χ0v) is 15.3. The average Bonchev–Trinajstić information content (AvgIpc) is 2.95. The fourth-order valence-electron chi connectivity index (χ4n) is 3.21. The van der Waals surface area contributed by atoms with Crippen LogP contribution in [0.5, 0.6) is 0 Å². The number of aromatic nitrogens is 1. The fourth-order valence-corrected chi connectivity index (χ4v) is 3.21. The van der Waals surface area contributed by atoms with Gasteiger partial charge < -0.3 is 15.4 Å². The van der Waals surface area contributed by atoms with Gasteiger partial charge in [0.15, 0.2) is 5.78 Å². The third kappa shape index (κ3) is 4.39. The normalized spacial score (nSPS) is 11.8. The van der Waals surface area contributed by atoms with Crippen LogP contribution in [0.1, 0.15) is 70.4 Å². The van der Waals surface area contributed by atoms with E-state index in [2.05, 4.69) is 10.3 Å². The highest BCUT2D eigenvalue weighted by atomic mass is 16.4. The van der Waals surface area contributed by atoms with E-state index in [1.807, 2.05) is 37.3 Å². The Bertz CT molecular complexity index is 809. The average molecular weight is 356 g/mol. The first-order chi connectivity index (χ1) is 12.3. The summed E-state index contributed by atoms with van der Waals surface area (Å²) in [5.41, 5.74) is 3.12. The molecule has 1 aromatic carbocycles. The SMILES string of the molecule is CCc1c(C(=O)NC(CCC(=O)O)c2ccccc2)[nH]c(C)c1C(C)=O. The monoisotopic (exact) mass is 356 g/mol. The molecule has 6 nitrogen and oxygen atoms in total. The maximum atomic E-state index is 12.8. The quantitative estimate of drug-likeness (QED) is 0.631. The van der Waals surface area contributed by atoms with Gasteiger partial charge in [-0.1, -0.05) is 37.3 Å². The second-order valence-electron chi connectivity index (χ2n) is 6.26. The Balaban J connectivity index is 2.31. The molecule has 0 aliphatic rings. The number of carbonyl (C=O) groups excluding carboxylic acids is 2. The summed E-state index contributed by atoms with van der Waals surface area (Å²) >= 11 is 0. The van der Waals surface area contributed by atoms with Gasteiger partial charge >= 0.3 is 5.97 Å². The summed E-state index contributed by atoms with van der Waals surface area (Å²) in [6.07, 6.45) is 0.780. The van der Waals surface area contributed by atoms with Gasteiger partial charge in [-0.25, -0.2) is 0 Å². The van der Waals surface area contributed by atoms with Gasteiger partial charge in [-0.3, -0.25) is 14.4 Å². The fraction of sp³-hybridized carbons (Fsp3) is 0.350. The third-order valence-corrected chi connectivity index (χ3v) is 4.38. The number of aromatic amines is 1. The molecule has 2 aromatic rings. The number of aliphatic carboxylic acids is 1. The predicted octanol–water partition coefficient (Wildman–Crippen LogP) is 3.42. The Labute approximate surface area is 152 Å². The number of benzene rings is 1. The maximum absolute atomic E-state index is 12.8. The Kier molecular flexibility index (Phi) is 6.33. The lowest BCUT2D eigenvalue weighted by Gasteiger charge is -2.18. The van der Waals surface area contributed by atoms with E-state index in [0.717, 1.165) is 5.56 Å². The van der Waals surface area contributed by atoms with Crippen molar-refractivity contribution < 1.29 is 19.5 Å². The number of amides is 1. The van der Waals surface area contributed by atoms with Crippen molar-refractivity contribution in [3.8, 4) is 0 Å². The summed E-state index contributed by atoms with van der Waals surface area (Å²) in [6.45, 7) is 5.15. The molecule has 1 unspecified atom stereocenters. The highest BCUT2D eigenvalue weighted by Gasteiger charge is 2.24. The predicted molar refractivity (Wildman–Crippen MR) is 98.4 cm³/mol. The van der Waals surface area contributed by atoms with E-state index in [0.29, 0.717) is 28.9 Å². The van der Waals surface area contributed by atoms with Crippen LogP contribution in [0.15, 0.2) is 30.3 Å². The summed E-state index contributed by atoms with van der Waals surface area (Å²) in [5.74, 6) is -1.33. The lowest BCUT2D eigenvalue weighted by Crippen LogP contribution is -2.30. The maximum Gasteiger partial charge on any atom is 0.303 e. The van der Waals surface area contributed by atoms with Crippen molar-refractivity contribution in [3.63, 3.8) is 0 Å². The first-order valence-corrected chi connectivity index (χ1v) is 8.65. The van der Waals surface area contributed by atoms with Gasteiger partial charge in [0.05, 0.1) is 6.04 Å². The molecule has 0 bridgehead atoms. The molecular weight excluding hydrogens is 332 g/mol. The molecule has 0 radical (unpaired) electrons. The van der Waals surface area contributed by atoms with Gasteiger partial charge in [-0.2, -0.15) is 0 Å². The Hall–Kier alpha value is -2.89. The van der Waals surface area contributed by atoms with Crippen LogP contribution in [0.2, 0.25) is 0 Å². The van der Waals surface area contributed by atoms with Crippen molar-refractivity contribution >= 4 is 17.7 Å². The number of carbonyl (C=O) groups is 3. The van der Waals surface area contributed by atoms with Crippen molar-refractivity contribution in [2.45, 2.75) is 46.1 Å². The third-order valence-electron chi connectivity index (χ3n) is 4.38. The second-order valence-corrected chi connectivity index (χ2v) is 6.26. The minimum atomic E-state index is -0.913. The number of Topliss-reactive ketones (excluding diaryl/α,β-unsaturated/α-hetero) is 1. The Morgan fingerprint density at radius 1 is 1.19 bits per heavy atom. The number of ketones is 1. The zero-order valence-electron chi connectivity index (χ0n) is 15.3. The van der Waals surface area contributed by atoms with Crippen LogP contribution in [0.25, 0.3) is 0 Å². The number of nitrogens with one attached hydrogen (secondary N) is 2. The number of carboxylic acid groups (broad SMARTS) is 1. The van der Waals surface area contributed by atoms with Crippen LogP contribution in [0.4, 0.5) is 0 Å². The molecule has 1 amide bonds. The van der Waals surface area contributed by atoms with E-state index in [1.54, 1.807) is 6.92 Å². The standard InChI is InChI=1S/C20H24N2O4/c1-4-15-18(13(3)23)12(2)21-19(15)20(26)22-16(10-11-17(24)25)14-8-6-5-7-9-14/h5-9,16,21H,4,10-11H2,1-3H3,(H,22,26)(H,24,25). The smallest absolute Gasteiger partial charge is 0.303 e. The van der Waals surface area contributed by atoms with Gasteiger partial charge in [0.25, 0.3) is 5.91 Å². The molecule has 0 saturated carbocycles. The van der Waals surface area contributed by atoms with Gasteiger partial charge in [-0.15, -0.1) is 0 Å². The van der Waals surface area contributed by atoms with Crippen molar-refractivity contribution in [3.05, 3.63) is 58.4 Å². The van der Waals surface area contributed by atoms with E-state index < -0.39 is 12.0 Å². The van der Waals surface area contributed by atoms with Gasteiger partial charge in [0, 0.05) is 17.7 Å². The summed E-state index contributed by atoms with van der Waals surface area (Å²) in [5, 5.41) is 11.9. The minimum absolute atomic E-state index is 0.0527. The minimum Gasteiger partial charge on any atom is -0.481 e. The number of hydrogen-bond acceptors (Lipinski definition) is 3. The van der Waals surface area contributed by atoms with Crippen LogP contribution >= 0.6 is 0 Å².